The molecule has 368 valence electrons. The largest absolute Gasteiger partial charge is 0.508 e. The molecular formula is C50H73IN2O13. The molecule has 0 spiro atoms. The summed E-state index contributed by atoms with van der Waals surface area (Å²) in [5.41, 5.74) is 0.672. The monoisotopic (exact) mass is 1040 g/mol. The quantitative estimate of drug-likeness (QED) is 0.0446. The molecule has 0 saturated carbocycles. The lowest BCUT2D eigenvalue weighted by Crippen LogP contribution is -2.60. The second-order valence-corrected chi connectivity index (χ2v) is 20.1. The van der Waals surface area contributed by atoms with E-state index >= 15 is 0 Å². The van der Waals surface area contributed by atoms with Crippen LogP contribution >= 0.6 is 22.6 Å². The summed E-state index contributed by atoms with van der Waals surface area (Å²) >= 11 is 1.74. The van der Waals surface area contributed by atoms with E-state index in [-0.39, 0.29) is 30.9 Å². The molecule has 15 nitrogen and oxygen atoms in total. The number of rotatable bonds is 12. The number of nitrogens with zero attached hydrogens (tertiary/aromatic N) is 2. The molecule has 2 aliphatic rings. The van der Waals surface area contributed by atoms with Crippen molar-refractivity contribution in [2.45, 2.75) is 159 Å². The molecule has 0 radical (unpaired) electrons. The van der Waals surface area contributed by atoms with E-state index in [1.807, 2.05) is 62.0 Å². The zero-order valence-corrected chi connectivity index (χ0v) is 42.8. The van der Waals surface area contributed by atoms with Crippen molar-refractivity contribution in [3.05, 3.63) is 59.7 Å². The van der Waals surface area contributed by atoms with Crippen molar-refractivity contribution in [2.75, 3.05) is 27.7 Å². The van der Waals surface area contributed by atoms with Crippen molar-refractivity contribution in [3.8, 4) is 11.5 Å². The number of Topliss-reactive ketones (excluding diaryl/α,β-unsaturated/α-hetero) is 1. The van der Waals surface area contributed by atoms with Crippen molar-refractivity contribution in [1.29, 1.82) is 0 Å². The molecule has 0 bridgehead atoms. The molecule has 16 heteroatoms. The Hall–Kier alpha value is -3.49. The van der Waals surface area contributed by atoms with E-state index in [9.17, 15) is 39.6 Å². The second kappa shape index (κ2) is 23.7. The Bertz CT molecular complexity index is 1990. The molecule has 13 atom stereocenters. The third kappa shape index (κ3) is 13.8. The van der Waals surface area contributed by atoms with Crippen LogP contribution in [0, 0.1) is 17.8 Å². The lowest BCUT2D eigenvalue weighted by Gasteiger charge is -2.46. The molecule has 2 aromatic carbocycles. The van der Waals surface area contributed by atoms with Gasteiger partial charge in [0.15, 0.2) is 22.3 Å². The molecule has 4 rings (SSSR count). The number of halogens is 1. The molecule has 0 amide bonds. The van der Waals surface area contributed by atoms with Crippen LogP contribution in [0.25, 0.3) is 11.1 Å². The zero-order valence-electron chi connectivity index (χ0n) is 40.7. The molecule has 0 aliphatic carbocycles. The Morgan fingerprint density at radius 2 is 1.44 bits per heavy atom. The summed E-state index contributed by atoms with van der Waals surface area (Å²) in [6.45, 7) is 15.9. The van der Waals surface area contributed by atoms with Crippen LogP contribution in [-0.2, 0) is 38.1 Å². The van der Waals surface area contributed by atoms with Gasteiger partial charge in [-0.2, -0.15) is 0 Å². The van der Waals surface area contributed by atoms with Crippen LogP contribution in [0.2, 0.25) is 0 Å². The molecule has 2 heterocycles. The van der Waals surface area contributed by atoms with E-state index in [1.165, 1.54) is 13.8 Å². The molecule has 66 heavy (non-hydrogen) atoms. The Balaban J connectivity index is 1.54. The number of carbonyl (C=O) groups excluding carboxylic acids is 4. The average molecular weight is 1040 g/mol. The van der Waals surface area contributed by atoms with Gasteiger partial charge in [-0.25, -0.2) is 0 Å². The number of allylic oxidation sites excluding steroid dienone is 2. The summed E-state index contributed by atoms with van der Waals surface area (Å²) in [7, 11) is 5.43. The summed E-state index contributed by atoms with van der Waals surface area (Å²) in [6.07, 6.45) is -3.87. The summed E-state index contributed by atoms with van der Waals surface area (Å²) in [6, 6.07) is 13.3. The Labute approximate surface area is 404 Å². The van der Waals surface area contributed by atoms with Crippen molar-refractivity contribution in [3.63, 3.8) is 0 Å². The van der Waals surface area contributed by atoms with Crippen LogP contribution < -0.4 is 4.74 Å². The van der Waals surface area contributed by atoms with Gasteiger partial charge in [-0.3, -0.25) is 19.2 Å². The number of hydrogen-bond acceptors (Lipinski definition) is 15. The molecular weight excluding hydrogens is 963 g/mol. The Kier molecular flexibility index (Phi) is 19.8. The number of aliphatic hydroxyl groups is 3. The fraction of sp³-hybridized carbons (Fsp3) is 0.640. The Morgan fingerprint density at radius 1 is 0.894 bits per heavy atom. The second-order valence-electron chi connectivity index (χ2n) is 19.0. The van der Waals surface area contributed by atoms with Gasteiger partial charge in [-0.15, -0.1) is 0 Å². The highest BCUT2D eigenvalue weighted by Gasteiger charge is 2.50. The number of benzene rings is 2. The molecule has 2 fully saturated rings. The Morgan fingerprint density at radius 3 is 1.98 bits per heavy atom. The van der Waals surface area contributed by atoms with E-state index in [0.717, 1.165) is 35.1 Å². The van der Waals surface area contributed by atoms with Crippen molar-refractivity contribution >= 4 is 57.4 Å². The predicted octanol–water partition coefficient (Wildman–Crippen LogP) is 6.54. The number of cyclic esters (lactones) is 1. The van der Waals surface area contributed by atoms with Gasteiger partial charge < -0.3 is 53.9 Å². The van der Waals surface area contributed by atoms with Crippen LogP contribution in [-0.4, -0.2) is 140 Å². The van der Waals surface area contributed by atoms with E-state index in [4.69, 9.17) is 23.7 Å². The molecule has 4 N–H and O–H groups in total. The molecule has 2 saturated heterocycles. The van der Waals surface area contributed by atoms with Gasteiger partial charge in [-0.05, 0) is 156 Å². The third-order valence-corrected chi connectivity index (χ3v) is 14.7. The van der Waals surface area contributed by atoms with Gasteiger partial charge >= 0.3 is 17.9 Å². The number of aliphatic hydroxyl groups excluding tert-OH is 1. The zero-order chi connectivity index (χ0) is 49.4. The van der Waals surface area contributed by atoms with Crippen molar-refractivity contribution < 1.29 is 63.3 Å². The maximum atomic E-state index is 14.2. The molecule has 0 aromatic heterocycles. The van der Waals surface area contributed by atoms with Gasteiger partial charge in [-0.1, -0.05) is 52.0 Å². The highest BCUT2D eigenvalue weighted by molar-refractivity contribution is 14.1. The maximum absolute atomic E-state index is 14.2. The summed E-state index contributed by atoms with van der Waals surface area (Å²) in [4.78, 5) is 58.1. The van der Waals surface area contributed by atoms with E-state index in [0.29, 0.717) is 18.7 Å². The highest BCUT2D eigenvalue weighted by Crippen LogP contribution is 2.37. The van der Waals surface area contributed by atoms with Gasteiger partial charge in [0.1, 0.15) is 29.1 Å². The number of phenols is 1. The summed E-state index contributed by atoms with van der Waals surface area (Å²) in [5.74, 6) is -5.06. The average Bonchev–Trinajstić information content (AvgIpc) is 3.25. The number of aromatic hydroxyl groups is 1. The SMILES string of the molecule is CC/C(=C(/CC)c1ccc(OC(=O)CCC(=O)O[C@@H]2C(N(C)C)C[C@@H](C)O[C@H]2O[C@@H]2[C@@H](C)C(=O)[C@@H](C)C(=O)O[C@H](I)[C@@](C)(O)[C@H](O)[C@@H](C)N(C)C[C@H](C)C[C@@]2(C)O)cc1)c1ccc(O)cc1. The number of esters is 3. The number of likely N-dealkylation sites (N-methyl/N-ethyl adjacent to an activating group) is 2. The predicted molar refractivity (Wildman–Crippen MR) is 258 cm³/mol. The van der Waals surface area contributed by atoms with E-state index < -0.39 is 93.6 Å². The minimum absolute atomic E-state index is 0.108. The topological polar surface area (TPSA) is 202 Å². The smallest absolute Gasteiger partial charge is 0.317 e. The number of phenolic OH excluding ortho intramolecular Hbond substituents is 1. The van der Waals surface area contributed by atoms with Gasteiger partial charge in [0.25, 0.3) is 0 Å². The van der Waals surface area contributed by atoms with Gasteiger partial charge in [0.2, 0.25) is 0 Å². The summed E-state index contributed by atoms with van der Waals surface area (Å²) in [5, 5.41) is 44.7. The number of hydrogen-bond donors (Lipinski definition) is 4. The number of ketones is 1. The lowest BCUT2D eigenvalue weighted by atomic mass is 9.78. The summed E-state index contributed by atoms with van der Waals surface area (Å²) < 4.78 is 29.1. The standard InChI is InChI=1S/C50H73IN2O13/c1-13-37(33-15-19-35(54)20-16-33)38(14-2)34-17-21-36(22-18-34)63-40(55)23-24-41(56)64-43-39(52(10)11)25-29(4)62-47(43)65-45-30(5)42(57)31(6)46(59)66-48(51)50(9,61)44(58)32(7)53(12)27-28(3)26-49(45,8)60/h15-22,28-32,39,43-45,47-48,54,58,60-61H,13-14,23-27H2,1-12H3/b38-37+/t28-,29-,30+,31-,32-,39?,43-,44-,45-,47+,48+,49-,50+/m1/s1. The minimum Gasteiger partial charge on any atom is -0.508 e. The molecule has 1 unspecified atom stereocenters. The van der Waals surface area contributed by atoms with Gasteiger partial charge in [0.05, 0.1) is 36.7 Å². The third-order valence-electron chi connectivity index (χ3n) is 13.1. The minimum atomic E-state index is -1.87. The highest BCUT2D eigenvalue weighted by atomic mass is 127. The molecule has 2 aliphatic heterocycles. The first-order chi connectivity index (χ1) is 30.8. The van der Waals surface area contributed by atoms with Crippen LogP contribution in [0.3, 0.4) is 0 Å². The fourth-order valence-electron chi connectivity index (χ4n) is 9.27. The number of ether oxygens (including phenoxy) is 5. The first-order valence-corrected chi connectivity index (χ1v) is 24.3. The van der Waals surface area contributed by atoms with E-state index in [2.05, 4.69) is 13.8 Å². The van der Waals surface area contributed by atoms with Crippen molar-refractivity contribution in [1.82, 2.24) is 9.80 Å². The first-order valence-electron chi connectivity index (χ1n) is 23.0. The lowest BCUT2D eigenvalue weighted by molar-refractivity contribution is -0.296. The fourth-order valence-corrected chi connectivity index (χ4v) is 9.89. The number of alkyl halides is 1. The normalized spacial score (nSPS) is 33.6. The number of carbonyl (C=O) groups is 4. The first kappa shape index (κ1) is 55.1. The van der Waals surface area contributed by atoms with E-state index in [1.54, 1.807) is 74.7 Å². The van der Waals surface area contributed by atoms with Crippen LogP contribution in [0.4, 0.5) is 0 Å². The van der Waals surface area contributed by atoms with Crippen LogP contribution in [0.15, 0.2) is 48.5 Å². The van der Waals surface area contributed by atoms with Gasteiger partial charge in [0, 0.05) is 18.5 Å². The van der Waals surface area contributed by atoms with Crippen LogP contribution in [0.5, 0.6) is 11.5 Å². The van der Waals surface area contributed by atoms with Crippen molar-refractivity contribution in [2.24, 2.45) is 17.8 Å². The van der Waals surface area contributed by atoms with Crippen LogP contribution in [0.1, 0.15) is 112 Å². The molecule has 2 aromatic rings. The maximum Gasteiger partial charge on any atom is 0.317 e.